The van der Waals surface area contributed by atoms with Crippen LogP contribution in [-0.4, -0.2) is 38.9 Å². The van der Waals surface area contributed by atoms with Gasteiger partial charge in [0.15, 0.2) is 0 Å². The fourth-order valence-corrected chi connectivity index (χ4v) is 3.16. The minimum Gasteiger partial charge on any atom is -0.376 e. The molecule has 1 aliphatic carbocycles. The van der Waals surface area contributed by atoms with Crippen molar-refractivity contribution in [2.24, 2.45) is 16.7 Å². The van der Waals surface area contributed by atoms with Crippen molar-refractivity contribution >= 4 is 0 Å². The zero-order chi connectivity index (χ0) is 12.5. The van der Waals surface area contributed by atoms with Crippen molar-refractivity contribution < 1.29 is 4.74 Å². The molecule has 1 saturated carbocycles. The van der Waals surface area contributed by atoms with Gasteiger partial charge in [0.2, 0.25) is 0 Å². The highest BCUT2D eigenvalue weighted by molar-refractivity contribution is 5.12. The van der Waals surface area contributed by atoms with E-state index in [1.807, 2.05) is 0 Å². The van der Waals surface area contributed by atoms with E-state index in [0.717, 1.165) is 45.1 Å². The number of hydrogen-bond acceptors (Lipinski definition) is 3. The van der Waals surface area contributed by atoms with Crippen LogP contribution in [0, 0.1) is 16.7 Å². The Hall–Kier alpha value is -0.120. The van der Waals surface area contributed by atoms with Crippen LogP contribution in [0.3, 0.4) is 0 Å². The monoisotopic (exact) mass is 240 g/mol. The van der Waals surface area contributed by atoms with Crippen molar-refractivity contribution in [1.29, 1.82) is 0 Å². The smallest absolute Gasteiger partial charge is 0.0712 e. The molecule has 3 heteroatoms. The molecule has 0 radical (unpaired) electrons. The van der Waals surface area contributed by atoms with Gasteiger partial charge in [0.05, 0.1) is 12.7 Å². The van der Waals surface area contributed by atoms with Crippen molar-refractivity contribution in [1.82, 2.24) is 10.6 Å². The second kappa shape index (κ2) is 4.87. The average molecular weight is 240 g/mol. The summed E-state index contributed by atoms with van der Waals surface area (Å²) < 4.78 is 5.68. The van der Waals surface area contributed by atoms with Gasteiger partial charge in [0.25, 0.3) is 0 Å². The Morgan fingerprint density at radius 1 is 1.24 bits per heavy atom. The first-order valence-electron chi connectivity index (χ1n) is 6.99. The van der Waals surface area contributed by atoms with Crippen molar-refractivity contribution in [2.75, 3.05) is 32.8 Å². The van der Waals surface area contributed by atoms with Crippen LogP contribution in [0.2, 0.25) is 0 Å². The van der Waals surface area contributed by atoms with Gasteiger partial charge in [-0.05, 0) is 36.3 Å². The minimum atomic E-state index is 0.413. The predicted octanol–water partition coefficient (Wildman–Crippen LogP) is 1.64. The molecule has 1 heterocycles. The van der Waals surface area contributed by atoms with Crippen molar-refractivity contribution in [3.63, 3.8) is 0 Å². The summed E-state index contributed by atoms with van der Waals surface area (Å²) >= 11 is 0. The number of rotatable bonds is 5. The molecule has 17 heavy (non-hydrogen) atoms. The topological polar surface area (TPSA) is 33.3 Å². The molecule has 1 saturated heterocycles. The van der Waals surface area contributed by atoms with Gasteiger partial charge in [-0.3, -0.25) is 0 Å². The van der Waals surface area contributed by atoms with Gasteiger partial charge in [-0.1, -0.05) is 27.7 Å². The van der Waals surface area contributed by atoms with Crippen LogP contribution < -0.4 is 10.6 Å². The van der Waals surface area contributed by atoms with E-state index in [1.165, 1.54) is 0 Å². The molecule has 2 rings (SSSR count). The van der Waals surface area contributed by atoms with Crippen LogP contribution in [0.1, 0.15) is 34.1 Å². The second-order valence-corrected chi connectivity index (χ2v) is 6.69. The summed E-state index contributed by atoms with van der Waals surface area (Å²) in [5.74, 6) is 0.820. The van der Waals surface area contributed by atoms with E-state index < -0.39 is 0 Å². The maximum absolute atomic E-state index is 5.68. The standard InChI is InChI=1S/C14H28N2O/c1-13(2)12(14(13,3)4)10-15-6-5-11-9-16-7-8-17-11/h11-12,15-16H,5-10H2,1-4H3. The van der Waals surface area contributed by atoms with Crippen LogP contribution in [0.25, 0.3) is 0 Å². The van der Waals surface area contributed by atoms with Crippen molar-refractivity contribution in [2.45, 2.75) is 40.2 Å². The Kier molecular flexibility index (Phi) is 3.81. The summed E-state index contributed by atoms with van der Waals surface area (Å²) in [6.45, 7) is 14.7. The lowest BCUT2D eigenvalue weighted by Gasteiger charge is -2.23. The average Bonchev–Trinajstić information content (AvgIpc) is 2.67. The molecule has 0 aromatic rings. The van der Waals surface area contributed by atoms with Crippen LogP contribution in [0.15, 0.2) is 0 Å². The molecule has 2 aliphatic rings. The lowest BCUT2D eigenvalue weighted by atomic mass is 10.0. The predicted molar refractivity (Wildman–Crippen MR) is 71.1 cm³/mol. The molecular weight excluding hydrogens is 212 g/mol. The summed E-state index contributed by atoms with van der Waals surface area (Å²) in [7, 11) is 0. The highest BCUT2D eigenvalue weighted by atomic mass is 16.5. The van der Waals surface area contributed by atoms with Crippen LogP contribution in [0.5, 0.6) is 0 Å². The summed E-state index contributed by atoms with van der Waals surface area (Å²) in [6, 6.07) is 0. The van der Waals surface area contributed by atoms with Crippen molar-refractivity contribution in [3.05, 3.63) is 0 Å². The molecule has 1 aliphatic heterocycles. The van der Waals surface area contributed by atoms with Gasteiger partial charge < -0.3 is 15.4 Å². The summed E-state index contributed by atoms with van der Waals surface area (Å²) in [6.07, 6.45) is 1.54. The SMILES string of the molecule is CC1(C)C(CNCCC2CNCCO2)C1(C)C. The quantitative estimate of drug-likeness (QED) is 0.717. The minimum absolute atomic E-state index is 0.413. The van der Waals surface area contributed by atoms with Crippen LogP contribution in [0.4, 0.5) is 0 Å². The molecule has 2 fully saturated rings. The highest BCUT2D eigenvalue weighted by Crippen LogP contribution is 2.67. The molecule has 0 spiro atoms. The third-order valence-corrected chi connectivity index (χ3v) is 5.32. The van der Waals surface area contributed by atoms with Crippen LogP contribution >= 0.6 is 0 Å². The molecule has 1 atom stereocenters. The summed E-state index contributed by atoms with van der Waals surface area (Å²) in [4.78, 5) is 0. The number of nitrogens with one attached hydrogen (secondary N) is 2. The van der Waals surface area contributed by atoms with Gasteiger partial charge in [-0.2, -0.15) is 0 Å². The molecule has 3 nitrogen and oxygen atoms in total. The van der Waals surface area contributed by atoms with E-state index in [4.69, 9.17) is 4.74 Å². The lowest BCUT2D eigenvalue weighted by Crippen LogP contribution is -2.40. The largest absolute Gasteiger partial charge is 0.376 e. The van der Waals surface area contributed by atoms with E-state index in [-0.39, 0.29) is 0 Å². The van der Waals surface area contributed by atoms with E-state index in [2.05, 4.69) is 38.3 Å². The van der Waals surface area contributed by atoms with Crippen LogP contribution in [-0.2, 0) is 4.74 Å². The first-order chi connectivity index (χ1) is 7.96. The Morgan fingerprint density at radius 2 is 1.94 bits per heavy atom. The Labute approximate surface area is 106 Å². The molecule has 0 aromatic heterocycles. The third kappa shape index (κ3) is 2.67. The van der Waals surface area contributed by atoms with Gasteiger partial charge in [0, 0.05) is 13.1 Å². The molecule has 0 bridgehead atoms. The van der Waals surface area contributed by atoms with Gasteiger partial charge >= 0.3 is 0 Å². The van der Waals surface area contributed by atoms with Crippen molar-refractivity contribution in [3.8, 4) is 0 Å². The van der Waals surface area contributed by atoms with Gasteiger partial charge in [-0.25, -0.2) is 0 Å². The summed E-state index contributed by atoms with van der Waals surface area (Å²) in [5.41, 5.74) is 1.01. The molecular formula is C14H28N2O. The normalized spacial score (nSPS) is 31.4. The van der Waals surface area contributed by atoms with E-state index >= 15 is 0 Å². The molecule has 0 amide bonds. The molecule has 0 aromatic carbocycles. The Balaban J connectivity index is 1.58. The lowest BCUT2D eigenvalue weighted by molar-refractivity contribution is 0.0238. The molecule has 1 unspecified atom stereocenters. The second-order valence-electron chi connectivity index (χ2n) is 6.69. The zero-order valence-electron chi connectivity index (χ0n) is 11.8. The van der Waals surface area contributed by atoms with E-state index in [0.29, 0.717) is 16.9 Å². The zero-order valence-corrected chi connectivity index (χ0v) is 11.8. The van der Waals surface area contributed by atoms with Gasteiger partial charge in [-0.15, -0.1) is 0 Å². The highest BCUT2D eigenvalue weighted by Gasteiger charge is 2.63. The maximum Gasteiger partial charge on any atom is 0.0712 e. The number of ether oxygens (including phenoxy) is 1. The first-order valence-corrected chi connectivity index (χ1v) is 6.99. The van der Waals surface area contributed by atoms with Gasteiger partial charge in [0.1, 0.15) is 0 Å². The first kappa shape index (κ1) is 13.3. The third-order valence-electron chi connectivity index (χ3n) is 5.32. The Bertz CT molecular complexity index is 243. The summed E-state index contributed by atoms with van der Waals surface area (Å²) in [5, 5.41) is 6.97. The van der Waals surface area contributed by atoms with E-state index in [9.17, 15) is 0 Å². The number of morpholine rings is 1. The van der Waals surface area contributed by atoms with E-state index in [1.54, 1.807) is 0 Å². The molecule has 2 N–H and O–H groups in total. The molecule has 100 valence electrons. The fraction of sp³-hybridized carbons (Fsp3) is 1.00. The fourth-order valence-electron chi connectivity index (χ4n) is 3.16. The number of hydrogen-bond donors (Lipinski definition) is 2. The Morgan fingerprint density at radius 3 is 2.47 bits per heavy atom. The maximum atomic E-state index is 5.68.